The molecule has 0 saturated heterocycles. The molecular formula is C18H25N3O4. The summed E-state index contributed by atoms with van der Waals surface area (Å²) in [4.78, 5) is 25.4. The number of aliphatic hydroxyl groups is 1. The fourth-order valence-corrected chi connectivity index (χ4v) is 2.51. The highest BCUT2D eigenvalue weighted by molar-refractivity contribution is 6.07. The van der Waals surface area contributed by atoms with E-state index in [1.54, 1.807) is 26.2 Å². The van der Waals surface area contributed by atoms with Crippen molar-refractivity contribution in [2.75, 3.05) is 26.0 Å². The number of ketones is 1. The molecule has 7 nitrogen and oxygen atoms in total. The molecule has 4 N–H and O–H groups in total. The van der Waals surface area contributed by atoms with E-state index in [1.807, 2.05) is 13.8 Å². The van der Waals surface area contributed by atoms with E-state index in [1.165, 1.54) is 11.0 Å². The lowest BCUT2D eigenvalue weighted by atomic mass is 9.95. The first-order chi connectivity index (χ1) is 11.8. The number of hydrogen-bond acceptors (Lipinski definition) is 6. The fourth-order valence-electron chi connectivity index (χ4n) is 2.51. The van der Waals surface area contributed by atoms with Crippen LogP contribution in [0.5, 0.6) is 5.75 Å². The van der Waals surface area contributed by atoms with Crippen molar-refractivity contribution in [3.05, 3.63) is 35.2 Å². The fraction of sp³-hybridized carbons (Fsp3) is 0.444. The number of carbonyl (C=O) groups excluding carboxylic acids is 2. The van der Waals surface area contributed by atoms with Crippen molar-refractivity contribution in [3.63, 3.8) is 0 Å². The first-order valence-electron chi connectivity index (χ1n) is 8.20. The number of aliphatic hydroxyl groups excluding tert-OH is 1. The lowest BCUT2D eigenvalue weighted by Crippen LogP contribution is -2.42. The molecule has 0 unspecified atom stereocenters. The third-order valence-corrected chi connectivity index (χ3v) is 4.21. The molecule has 1 atom stereocenters. The average molecular weight is 347 g/mol. The molecule has 1 aliphatic rings. The Morgan fingerprint density at radius 3 is 2.52 bits per heavy atom. The average Bonchev–Trinajstić information content (AvgIpc) is 2.56. The van der Waals surface area contributed by atoms with Gasteiger partial charge in [-0.1, -0.05) is 19.9 Å². The van der Waals surface area contributed by atoms with Crippen molar-refractivity contribution in [2.24, 2.45) is 5.92 Å². The normalized spacial score (nSPS) is 15.0. The molecule has 0 bridgehead atoms. The Morgan fingerprint density at radius 2 is 2.00 bits per heavy atom. The van der Waals surface area contributed by atoms with Crippen LogP contribution in [0.4, 0.5) is 5.69 Å². The van der Waals surface area contributed by atoms with Crippen LogP contribution in [-0.2, 0) is 4.79 Å². The number of amides is 1. The van der Waals surface area contributed by atoms with Crippen molar-refractivity contribution in [2.45, 2.75) is 26.3 Å². The molecule has 0 fully saturated rings. The Labute approximate surface area is 147 Å². The first kappa shape index (κ1) is 18.8. The van der Waals surface area contributed by atoms with Crippen LogP contribution in [0.1, 0.15) is 30.6 Å². The van der Waals surface area contributed by atoms with Crippen molar-refractivity contribution in [1.82, 2.24) is 10.2 Å². The van der Waals surface area contributed by atoms with Crippen LogP contribution in [0.3, 0.4) is 0 Å². The maximum atomic E-state index is 12.1. The number of nitrogens with zero attached hydrogens (tertiary/aromatic N) is 1. The lowest BCUT2D eigenvalue weighted by Gasteiger charge is -2.30. The molecule has 136 valence electrons. The highest BCUT2D eigenvalue weighted by Gasteiger charge is 2.30. The van der Waals surface area contributed by atoms with E-state index in [2.05, 4.69) is 10.6 Å². The number of carbonyl (C=O) groups is 2. The van der Waals surface area contributed by atoms with E-state index in [0.29, 0.717) is 17.1 Å². The van der Waals surface area contributed by atoms with Gasteiger partial charge >= 0.3 is 0 Å². The zero-order valence-electron chi connectivity index (χ0n) is 15.0. The van der Waals surface area contributed by atoms with Crippen LogP contribution in [0.15, 0.2) is 29.6 Å². The van der Waals surface area contributed by atoms with Gasteiger partial charge in [-0.2, -0.15) is 0 Å². The Morgan fingerprint density at radius 1 is 1.32 bits per heavy atom. The summed E-state index contributed by atoms with van der Waals surface area (Å²) in [5, 5.41) is 25.9. The molecule has 7 heteroatoms. The van der Waals surface area contributed by atoms with Gasteiger partial charge in [-0.15, -0.1) is 0 Å². The number of hydrogen-bond donors (Lipinski definition) is 4. The highest BCUT2D eigenvalue weighted by Crippen LogP contribution is 2.32. The van der Waals surface area contributed by atoms with Crippen LogP contribution in [-0.4, -0.2) is 53.5 Å². The SMILES string of the molecule is CC(C)[C@H](CO)NC1=C(Nc2cccc(C(=O)N(C)C)c2O)C(=O)C1. The number of nitrogens with one attached hydrogen (secondary N) is 2. The summed E-state index contributed by atoms with van der Waals surface area (Å²) < 4.78 is 0. The summed E-state index contributed by atoms with van der Waals surface area (Å²) in [6.45, 7) is 3.91. The number of rotatable bonds is 7. The summed E-state index contributed by atoms with van der Waals surface area (Å²) in [6, 6.07) is 4.61. The molecule has 2 rings (SSSR count). The van der Waals surface area contributed by atoms with Gasteiger partial charge in [0.2, 0.25) is 0 Å². The third-order valence-electron chi connectivity index (χ3n) is 4.21. The van der Waals surface area contributed by atoms with E-state index in [0.717, 1.165) is 0 Å². The Balaban J connectivity index is 2.26. The van der Waals surface area contributed by atoms with Gasteiger partial charge < -0.3 is 25.7 Å². The first-order valence-corrected chi connectivity index (χ1v) is 8.20. The molecule has 25 heavy (non-hydrogen) atoms. The van der Waals surface area contributed by atoms with E-state index < -0.39 is 0 Å². The Bertz CT molecular complexity index is 710. The zero-order chi connectivity index (χ0) is 18.7. The number of benzene rings is 1. The number of para-hydroxylation sites is 1. The van der Waals surface area contributed by atoms with E-state index >= 15 is 0 Å². The summed E-state index contributed by atoms with van der Waals surface area (Å²) in [7, 11) is 3.20. The summed E-state index contributed by atoms with van der Waals surface area (Å²) in [6.07, 6.45) is 0.253. The quantitative estimate of drug-likeness (QED) is 0.555. The minimum atomic E-state index is -0.325. The molecule has 1 aromatic carbocycles. The molecular weight excluding hydrogens is 322 g/mol. The second-order valence-corrected chi connectivity index (χ2v) is 6.66. The Hall–Kier alpha value is -2.54. The number of aromatic hydroxyl groups is 1. The molecule has 1 amide bonds. The van der Waals surface area contributed by atoms with Gasteiger partial charge in [0.1, 0.15) is 5.70 Å². The summed E-state index contributed by atoms with van der Waals surface area (Å²) in [5.74, 6) is -0.417. The number of phenols is 1. The summed E-state index contributed by atoms with van der Waals surface area (Å²) >= 11 is 0. The minimum absolute atomic E-state index is 0.0410. The second kappa shape index (κ2) is 7.57. The van der Waals surface area contributed by atoms with Crippen LogP contribution in [0, 0.1) is 5.92 Å². The van der Waals surface area contributed by atoms with Gasteiger partial charge in [0, 0.05) is 19.8 Å². The van der Waals surface area contributed by atoms with Crippen molar-refractivity contribution >= 4 is 17.4 Å². The van der Waals surface area contributed by atoms with Crippen molar-refractivity contribution < 1.29 is 19.8 Å². The van der Waals surface area contributed by atoms with Crippen molar-refractivity contribution in [3.8, 4) is 5.75 Å². The number of phenolic OH excluding ortho intramolecular Hbond substituents is 1. The van der Waals surface area contributed by atoms with Gasteiger partial charge in [-0.05, 0) is 18.1 Å². The predicted molar refractivity (Wildman–Crippen MR) is 95.2 cm³/mol. The van der Waals surface area contributed by atoms with Gasteiger partial charge in [-0.25, -0.2) is 0 Å². The number of anilines is 1. The van der Waals surface area contributed by atoms with Crippen LogP contribution in [0.25, 0.3) is 0 Å². The predicted octanol–water partition coefficient (Wildman–Crippen LogP) is 1.30. The van der Waals surface area contributed by atoms with Gasteiger partial charge in [0.25, 0.3) is 5.91 Å². The Kier molecular flexibility index (Phi) is 5.69. The highest BCUT2D eigenvalue weighted by atomic mass is 16.3. The maximum Gasteiger partial charge on any atom is 0.257 e. The molecule has 1 aliphatic carbocycles. The molecule has 0 heterocycles. The van der Waals surface area contributed by atoms with E-state index in [9.17, 15) is 19.8 Å². The number of Topliss-reactive ketones (excluding diaryl/α,β-unsaturated/α-hetero) is 1. The van der Waals surface area contributed by atoms with Gasteiger partial charge in [0.15, 0.2) is 11.5 Å². The molecule has 0 spiro atoms. The minimum Gasteiger partial charge on any atom is -0.505 e. The second-order valence-electron chi connectivity index (χ2n) is 6.66. The van der Waals surface area contributed by atoms with Crippen molar-refractivity contribution in [1.29, 1.82) is 0 Å². The third kappa shape index (κ3) is 3.93. The zero-order valence-corrected chi connectivity index (χ0v) is 15.0. The molecule has 0 radical (unpaired) electrons. The monoisotopic (exact) mass is 347 g/mol. The maximum absolute atomic E-state index is 12.1. The van der Waals surface area contributed by atoms with Crippen LogP contribution < -0.4 is 10.6 Å². The largest absolute Gasteiger partial charge is 0.505 e. The molecule has 1 aromatic rings. The molecule has 0 saturated carbocycles. The molecule has 0 aromatic heterocycles. The van der Waals surface area contributed by atoms with Gasteiger partial charge in [0.05, 0.1) is 30.3 Å². The number of allylic oxidation sites excluding steroid dienone is 2. The van der Waals surface area contributed by atoms with E-state index in [-0.39, 0.29) is 48.0 Å². The van der Waals surface area contributed by atoms with Gasteiger partial charge in [-0.3, -0.25) is 9.59 Å². The smallest absolute Gasteiger partial charge is 0.257 e. The molecule has 0 aliphatic heterocycles. The summed E-state index contributed by atoms with van der Waals surface area (Å²) in [5.41, 5.74) is 1.50. The standard InChI is InChI=1S/C18H25N3O4/c1-10(2)14(9-22)19-13-8-15(23)16(13)20-12-7-5-6-11(17(12)24)18(25)21(3)4/h5-7,10,14,19-20,22,24H,8-9H2,1-4H3/t14-/m0/s1. The topological polar surface area (TPSA) is 102 Å². The van der Waals surface area contributed by atoms with Crippen LogP contribution in [0.2, 0.25) is 0 Å². The van der Waals surface area contributed by atoms with E-state index in [4.69, 9.17) is 0 Å². The lowest BCUT2D eigenvalue weighted by molar-refractivity contribution is -0.116. The van der Waals surface area contributed by atoms with Crippen LogP contribution >= 0.6 is 0 Å².